The molecule has 0 bridgehead atoms. The molecule has 1 N–H and O–H groups in total. The van der Waals surface area contributed by atoms with Crippen molar-refractivity contribution in [3.63, 3.8) is 0 Å². The van der Waals surface area contributed by atoms with Gasteiger partial charge in [-0.15, -0.1) is 0 Å². The van der Waals surface area contributed by atoms with E-state index in [1.807, 2.05) is 0 Å². The molecule has 34 heavy (non-hydrogen) atoms. The Morgan fingerprint density at radius 2 is 1.09 bits per heavy atom. The first-order valence-electron chi connectivity index (χ1n) is 12.0. The van der Waals surface area contributed by atoms with Gasteiger partial charge in [-0.3, -0.25) is 0 Å². The van der Waals surface area contributed by atoms with E-state index in [2.05, 4.69) is 147 Å². The van der Waals surface area contributed by atoms with Gasteiger partial charge >= 0.3 is 0 Å². The molecule has 0 saturated heterocycles. The van der Waals surface area contributed by atoms with Gasteiger partial charge in [-0.05, 0) is 59.0 Å². The highest BCUT2D eigenvalue weighted by Crippen LogP contribution is 2.43. The third kappa shape index (κ3) is 4.79. The Morgan fingerprint density at radius 1 is 0.588 bits per heavy atom. The third-order valence-corrected chi connectivity index (χ3v) is 6.39. The normalized spacial score (nSPS) is 10.9. The maximum atomic E-state index is 3.68. The van der Waals surface area contributed by atoms with Crippen LogP contribution in [0, 0.1) is 0 Å². The molecule has 0 atom stereocenters. The lowest BCUT2D eigenvalue weighted by Gasteiger charge is -2.30. The van der Waals surface area contributed by atoms with Crippen LogP contribution < -0.4 is 15.1 Å². The second-order valence-corrected chi connectivity index (χ2v) is 9.06. The Labute approximate surface area is 204 Å². The summed E-state index contributed by atoms with van der Waals surface area (Å²) in [7, 11) is 8.51. The minimum atomic E-state index is 0.102. The molecule has 0 radical (unpaired) electrons. The van der Waals surface area contributed by atoms with E-state index in [9.17, 15) is 0 Å². The van der Waals surface area contributed by atoms with Gasteiger partial charge in [-0.2, -0.15) is 0 Å². The van der Waals surface area contributed by atoms with Crippen LogP contribution in [0.3, 0.4) is 0 Å². The van der Waals surface area contributed by atoms with Gasteiger partial charge in [-0.25, -0.2) is 0 Å². The molecule has 0 spiro atoms. The summed E-state index contributed by atoms with van der Waals surface area (Å²) in [6, 6.07) is 34.7. The predicted octanol–water partition coefficient (Wildman–Crippen LogP) is 7.30. The average molecular weight is 450 g/mol. The Balaban J connectivity index is 1.97. The second kappa shape index (κ2) is 10.5. The SMILES string of the molecule is CCc1c(Nc2ccccc2)cccc1C(c1ccccc1N(C)C)c1ccccc1N(C)C. The molecule has 0 unspecified atom stereocenters. The van der Waals surface area contributed by atoms with Crippen LogP contribution in [-0.2, 0) is 6.42 Å². The topological polar surface area (TPSA) is 18.5 Å². The lowest BCUT2D eigenvalue weighted by Crippen LogP contribution is -2.18. The number of nitrogens with zero attached hydrogens (tertiary/aromatic N) is 2. The fourth-order valence-corrected chi connectivity index (χ4v) is 4.84. The third-order valence-electron chi connectivity index (χ3n) is 6.39. The van der Waals surface area contributed by atoms with Crippen LogP contribution in [0.15, 0.2) is 97.1 Å². The first kappa shape index (κ1) is 23.4. The van der Waals surface area contributed by atoms with Crippen LogP contribution >= 0.6 is 0 Å². The lowest BCUT2D eigenvalue weighted by molar-refractivity contribution is 0.918. The summed E-state index contributed by atoms with van der Waals surface area (Å²) in [5.41, 5.74) is 10.1. The van der Waals surface area contributed by atoms with Gasteiger partial charge in [0.25, 0.3) is 0 Å². The van der Waals surface area contributed by atoms with Crippen molar-refractivity contribution in [2.24, 2.45) is 0 Å². The zero-order valence-corrected chi connectivity index (χ0v) is 20.9. The Hall–Kier alpha value is -3.72. The lowest BCUT2D eigenvalue weighted by atomic mass is 9.80. The summed E-state index contributed by atoms with van der Waals surface area (Å²) >= 11 is 0. The minimum Gasteiger partial charge on any atom is -0.377 e. The first-order chi connectivity index (χ1) is 16.5. The zero-order chi connectivity index (χ0) is 24.1. The monoisotopic (exact) mass is 449 g/mol. The second-order valence-electron chi connectivity index (χ2n) is 9.06. The highest BCUT2D eigenvalue weighted by Gasteiger charge is 2.26. The molecule has 0 fully saturated rings. The smallest absolute Gasteiger partial charge is 0.0419 e. The molecule has 0 aliphatic heterocycles. The summed E-state index contributed by atoms with van der Waals surface area (Å²) in [5.74, 6) is 0.102. The molecule has 174 valence electrons. The molecule has 4 aromatic rings. The number of rotatable bonds is 8. The van der Waals surface area contributed by atoms with Gasteiger partial charge in [0.1, 0.15) is 0 Å². The van der Waals surface area contributed by atoms with Crippen molar-refractivity contribution in [2.45, 2.75) is 19.3 Å². The van der Waals surface area contributed by atoms with Crippen molar-refractivity contribution in [3.05, 3.63) is 119 Å². The molecule has 0 aliphatic rings. The summed E-state index contributed by atoms with van der Waals surface area (Å²) in [6.45, 7) is 2.25. The number of nitrogens with one attached hydrogen (secondary N) is 1. The van der Waals surface area contributed by atoms with Gasteiger partial charge in [-0.1, -0.05) is 73.7 Å². The standard InChI is InChI=1S/C31H35N3/c1-6-24-25(19-14-20-28(24)32-23-15-8-7-9-16-23)31(26-17-10-12-21-29(26)33(2)3)27-18-11-13-22-30(27)34(4)5/h7-22,31-32H,6H2,1-5H3. The fraction of sp³-hybridized carbons (Fsp3) is 0.226. The van der Waals surface area contributed by atoms with Gasteiger partial charge in [0.2, 0.25) is 0 Å². The fourth-order valence-electron chi connectivity index (χ4n) is 4.84. The number of anilines is 4. The van der Waals surface area contributed by atoms with E-state index in [1.54, 1.807) is 0 Å². The highest BCUT2D eigenvalue weighted by molar-refractivity contribution is 5.70. The van der Waals surface area contributed by atoms with Crippen molar-refractivity contribution >= 4 is 22.7 Å². The van der Waals surface area contributed by atoms with Gasteiger partial charge in [0, 0.05) is 56.9 Å². The van der Waals surface area contributed by atoms with Crippen LogP contribution in [0.25, 0.3) is 0 Å². The van der Waals surface area contributed by atoms with E-state index < -0.39 is 0 Å². The summed E-state index contributed by atoms with van der Waals surface area (Å²) in [4.78, 5) is 4.44. The molecule has 3 nitrogen and oxygen atoms in total. The quantitative estimate of drug-likeness (QED) is 0.285. The molecule has 0 aliphatic carbocycles. The minimum absolute atomic E-state index is 0.102. The maximum absolute atomic E-state index is 3.68. The van der Waals surface area contributed by atoms with Gasteiger partial charge in [0.05, 0.1) is 0 Å². The maximum Gasteiger partial charge on any atom is 0.0419 e. The molecule has 0 aromatic heterocycles. The Morgan fingerprint density at radius 3 is 1.62 bits per heavy atom. The summed E-state index contributed by atoms with van der Waals surface area (Å²) in [5, 5.41) is 3.68. The summed E-state index contributed by atoms with van der Waals surface area (Å²) in [6.07, 6.45) is 0.941. The number of benzene rings is 4. The molecule has 0 saturated carbocycles. The van der Waals surface area contributed by atoms with Crippen LogP contribution in [0.1, 0.15) is 35.1 Å². The van der Waals surface area contributed by atoms with Crippen molar-refractivity contribution in [1.82, 2.24) is 0 Å². The Bertz CT molecular complexity index is 1180. The molecule has 0 heterocycles. The van der Waals surface area contributed by atoms with Crippen molar-refractivity contribution < 1.29 is 0 Å². The highest BCUT2D eigenvalue weighted by atomic mass is 15.1. The van der Waals surface area contributed by atoms with Crippen molar-refractivity contribution in [3.8, 4) is 0 Å². The van der Waals surface area contributed by atoms with Crippen molar-refractivity contribution in [2.75, 3.05) is 43.3 Å². The number of para-hydroxylation sites is 3. The van der Waals surface area contributed by atoms with Crippen molar-refractivity contribution in [1.29, 1.82) is 0 Å². The van der Waals surface area contributed by atoms with E-state index in [0.717, 1.165) is 12.1 Å². The zero-order valence-electron chi connectivity index (χ0n) is 20.9. The molecule has 4 rings (SSSR count). The molecular weight excluding hydrogens is 414 g/mol. The van der Waals surface area contributed by atoms with Crippen LogP contribution in [0.5, 0.6) is 0 Å². The van der Waals surface area contributed by atoms with Crippen LogP contribution in [-0.4, -0.2) is 28.2 Å². The van der Waals surface area contributed by atoms with Gasteiger partial charge in [0.15, 0.2) is 0 Å². The molecule has 4 aromatic carbocycles. The largest absolute Gasteiger partial charge is 0.377 e. The Kier molecular flexibility index (Phi) is 7.22. The van der Waals surface area contributed by atoms with Crippen LogP contribution in [0.2, 0.25) is 0 Å². The predicted molar refractivity (Wildman–Crippen MR) is 148 cm³/mol. The molecular formula is C31H35N3. The van der Waals surface area contributed by atoms with Crippen LogP contribution in [0.4, 0.5) is 22.7 Å². The number of hydrogen-bond donors (Lipinski definition) is 1. The van der Waals surface area contributed by atoms with E-state index in [0.29, 0.717) is 0 Å². The molecule has 0 amide bonds. The average Bonchev–Trinajstić information content (AvgIpc) is 2.85. The number of hydrogen-bond acceptors (Lipinski definition) is 3. The van der Waals surface area contributed by atoms with Gasteiger partial charge < -0.3 is 15.1 Å². The first-order valence-corrected chi connectivity index (χ1v) is 12.0. The van der Waals surface area contributed by atoms with E-state index in [4.69, 9.17) is 0 Å². The molecule has 3 heteroatoms. The summed E-state index contributed by atoms with van der Waals surface area (Å²) < 4.78 is 0. The van der Waals surface area contributed by atoms with E-state index >= 15 is 0 Å². The van der Waals surface area contributed by atoms with E-state index in [-0.39, 0.29) is 5.92 Å². The van der Waals surface area contributed by atoms with E-state index in [1.165, 1.54) is 39.3 Å².